The molecule has 0 aliphatic rings. The second kappa shape index (κ2) is 7.02. The smallest absolute Gasteiger partial charge is 0.150 e. The number of benzene rings is 2. The Hall–Kier alpha value is -3.11. The van der Waals surface area contributed by atoms with Gasteiger partial charge in [0.05, 0.1) is 5.39 Å². The Labute approximate surface area is 156 Å². The van der Waals surface area contributed by atoms with E-state index < -0.39 is 0 Å². The van der Waals surface area contributed by atoms with Crippen LogP contribution in [0.15, 0.2) is 79.8 Å². The van der Waals surface area contributed by atoms with Crippen LogP contribution in [-0.2, 0) is 0 Å². The largest absolute Gasteiger partial charge is 0.366 e. The first-order chi connectivity index (χ1) is 12.8. The zero-order valence-electron chi connectivity index (χ0n) is 14.1. The van der Waals surface area contributed by atoms with Crippen LogP contribution < -0.4 is 5.32 Å². The van der Waals surface area contributed by atoms with Crippen molar-refractivity contribution in [2.45, 2.75) is 0 Å². The molecule has 2 heterocycles. The molecule has 0 saturated heterocycles. The number of anilines is 1. The summed E-state index contributed by atoms with van der Waals surface area (Å²) in [6.45, 7) is 4.41. The SMILES string of the molecule is C=CCNc1ncnc2c1c(-c1ccccc1)cn2-c1ccc(Cl)cc1. The van der Waals surface area contributed by atoms with Crippen molar-refractivity contribution in [2.75, 3.05) is 11.9 Å². The lowest BCUT2D eigenvalue weighted by Crippen LogP contribution is -2.02. The van der Waals surface area contributed by atoms with Gasteiger partial charge in [-0.1, -0.05) is 48.0 Å². The molecule has 4 rings (SSSR count). The third kappa shape index (κ3) is 2.95. The van der Waals surface area contributed by atoms with Crippen LogP contribution in [0.5, 0.6) is 0 Å². The Kier molecular flexibility index (Phi) is 4.42. The molecule has 0 bridgehead atoms. The highest BCUT2D eigenvalue weighted by atomic mass is 35.5. The molecule has 0 atom stereocenters. The lowest BCUT2D eigenvalue weighted by Gasteiger charge is -2.07. The Morgan fingerprint density at radius 1 is 1.04 bits per heavy atom. The molecule has 2 aromatic heterocycles. The molecule has 2 aromatic carbocycles. The van der Waals surface area contributed by atoms with Gasteiger partial charge in [0.1, 0.15) is 12.1 Å². The van der Waals surface area contributed by atoms with Crippen LogP contribution in [0, 0.1) is 0 Å². The molecule has 0 aliphatic heterocycles. The van der Waals surface area contributed by atoms with E-state index in [9.17, 15) is 0 Å². The molecule has 1 N–H and O–H groups in total. The Bertz CT molecular complexity index is 1050. The summed E-state index contributed by atoms with van der Waals surface area (Å²) in [5.74, 6) is 0.793. The summed E-state index contributed by atoms with van der Waals surface area (Å²) in [6.07, 6.45) is 5.48. The fourth-order valence-electron chi connectivity index (χ4n) is 3.00. The summed E-state index contributed by atoms with van der Waals surface area (Å²) < 4.78 is 2.06. The van der Waals surface area contributed by atoms with Gasteiger partial charge in [-0.25, -0.2) is 9.97 Å². The van der Waals surface area contributed by atoms with Gasteiger partial charge in [0, 0.05) is 29.0 Å². The van der Waals surface area contributed by atoms with E-state index >= 15 is 0 Å². The Balaban J connectivity index is 1.99. The molecular formula is C21H17ClN4. The van der Waals surface area contributed by atoms with E-state index in [0.717, 1.165) is 33.7 Å². The number of halogens is 1. The molecule has 128 valence electrons. The molecule has 4 aromatic rings. The minimum absolute atomic E-state index is 0.631. The first kappa shape index (κ1) is 16.4. The van der Waals surface area contributed by atoms with Gasteiger partial charge in [-0.2, -0.15) is 0 Å². The van der Waals surface area contributed by atoms with Crippen LogP contribution in [0.25, 0.3) is 27.8 Å². The second-order valence-electron chi connectivity index (χ2n) is 5.85. The lowest BCUT2D eigenvalue weighted by atomic mass is 10.1. The Morgan fingerprint density at radius 2 is 1.81 bits per heavy atom. The summed E-state index contributed by atoms with van der Waals surface area (Å²) in [5, 5.41) is 5.00. The maximum absolute atomic E-state index is 6.05. The molecule has 0 unspecified atom stereocenters. The normalized spacial score (nSPS) is 10.8. The van der Waals surface area contributed by atoms with E-state index in [1.165, 1.54) is 0 Å². The molecule has 26 heavy (non-hydrogen) atoms. The third-order valence-corrected chi connectivity index (χ3v) is 4.44. The zero-order chi connectivity index (χ0) is 17.9. The highest BCUT2D eigenvalue weighted by molar-refractivity contribution is 6.30. The van der Waals surface area contributed by atoms with Gasteiger partial charge in [0.2, 0.25) is 0 Å². The topological polar surface area (TPSA) is 42.7 Å². The fourth-order valence-corrected chi connectivity index (χ4v) is 3.13. The van der Waals surface area contributed by atoms with Crippen molar-refractivity contribution in [1.82, 2.24) is 14.5 Å². The number of hydrogen-bond acceptors (Lipinski definition) is 3. The predicted octanol–water partition coefficient (Wildman–Crippen LogP) is 5.34. The van der Waals surface area contributed by atoms with Crippen molar-refractivity contribution in [2.24, 2.45) is 0 Å². The third-order valence-electron chi connectivity index (χ3n) is 4.19. The predicted molar refractivity (Wildman–Crippen MR) is 108 cm³/mol. The van der Waals surface area contributed by atoms with Gasteiger partial charge in [0.15, 0.2) is 5.65 Å². The number of fused-ring (bicyclic) bond motifs is 1. The minimum Gasteiger partial charge on any atom is -0.366 e. The molecule has 0 spiro atoms. The number of nitrogens with zero attached hydrogens (tertiary/aromatic N) is 3. The van der Waals surface area contributed by atoms with E-state index in [1.54, 1.807) is 6.33 Å². The average Bonchev–Trinajstić information content (AvgIpc) is 3.08. The van der Waals surface area contributed by atoms with E-state index in [2.05, 4.69) is 44.8 Å². The zero-order valence-corrected chi connectivity index (χ0v) is 14.8. The number of aromatic nitrogens is 3. The number of nitrogens with one attached hydrogen (secondary N) is 1. The molecule has 0 radical (unpaired) electrons. The highest BCUT2D eigenvalue weighted by Gasteiger charge is 2.16. The molecule has 0 fully saturated rings. The van der Waals surface area contributed by atoms with Gasteiger partial charge >= 0.3 is 0 Å². The first-order valence-corrected chi connectivity index (χ1v) is 8.68. The van der Waals surface area contributed by atoms with E-state index in [0.29, 0.717) is 11.6 Å². The first-order valence-electron chi connectivity index (χ1n) is 8.30. The molecule has 4 nitrogen and oxygen atoms in total. The van der Waals surface area contributed by atoms with Gasteiger partial charge < -0.3 is 9.88 Å². The van der Waals surface area contributed by atoms with Gasteiger partial charge in [0.25, 0.3) is 0 Å². The van der Waals surface area contributed by atoms with E-state index in [4.69, 9.17) is 11.6 Å². The van der Waals surface area contributed by atoms with Crippen LogP contribution in [-0.4, -0.2) is 21.1 Å². The number of hydrogen-bond donors (Lipinski definition) is 1. The van der Waals surface area contributed by atoms with Crippen LogP contribution in [0.1, 0.15) is 0 Å². The average molecular weight is 361 g/mol. The summed E-state index contributed by atoms with van der Waals surface area (Å²) in [5.41, 5.74) is 4.02. The minimum atomic E-state index is 0.631. The second-order valence-corrected chi connectivity index (χ2v) is 6.28. The van der Waals surface area contributed by atoms with Crippen molar-refractivity contribution in [3.05, 3.63) is 84.8 Å². The van der Waals surface area contributed by atoms with Crippen LogP contribution in [0.2, 0.25) is 5.02 Å². The molecule has 0 aliphatic carbocycles. The van der Waals surface area contributed by atoms with Crippen molar-refractivity contribution in [3.63, 3.8) is 0 Å². The molecule has 5 heteroatoms. The van der Waals surface area contributed by atoms with Gasteiger partial charge in [-0.3, -0.25) is 0 Å². The van der Waals surface area contributed by atoms with E-state index in [1.807, 2.05) is 48.5 Å². The molecule has 0 saturated carbocycles. The van der Waals surface area contributed by atoms with Crippen LogP contribution in [0.3, 0.4) is 0 Å². The van der Waals surface area contributed by atoms with Crippen molar-refractivity contribution < 1.29 is 0 Å². The summed E-state index contributed by atoms with van der Waals surface area (Å²) >= 11 is 6.05. The van der Waals surface area contributed by atoms with Gasteiger partial charge in [-0.05, 0) is 29.8 Å². The summed E-state index contributed by atoms with van der Waals surface area (Å²) in [4.78, 5) is 9.00. The quantitative estimate of drug-likeness (QED) is 0.488. The maximum atomic E-state index is 6.05. The van der Waals surface area contributed by atoms with Crippen molar-refractivity contribution in [3.8, 4) is 16.8 Å². The Morgan fingerprint density at radius 3 is 2.54 bits per heavy atom. The molecule has 0 amide bonds. The van der Waals surface area contributed by atoms with Crippen molar-refractivity contribution in [1.29, 1.82) is 0 Å². The summed E-state index contributed by atoms with van der Waals surface area (Å²) in [6, 6.07) is 18.0. The maximum Gasteiger partial charge on any atom is 0.150 e. The van der Waals surface area contributed by atoms with Crippen molar-refractivity contribution >= 4 is 28.5 Å². The fraction of sp³-hybridized carbons (Fsp3) is 0.0476. The number of rotatable bonds is 5. The molecular weight excluding hydrogens is 344 g/mol. The highest BCUT2D eigenvalue weighted by Crippen LogP contribution is 2.35. The summed E-state index contributed by atoms with van der Waals surface area (Å²) in [7, 11) is 0. The lowest BCUT2D eigenvalue weighted by molar-refractivity contribution is 1.07. The standard InChI is InChI=1S/C21H17ClN4/c1-2-12-23-20-19-18(15-6-4-3-5-7-15)13-26(21(19)25-14-24-20)17-10-8-16(22)9-11-17/h2-11,13-14H,1,12H2,(H,23,24,25). The van der Waals surface area contributed by atoms with Gasteiger partial charge in [-0.15, -0.1) is 6.58 Å². The van der Waals surface area contributed by atoms with Crippen LogP contribution >= 0.6 is 11.6 Å². The monoisotopic (exact) mass is 360 g/mol. The van der Waals surface area contributed by atoms with E-state index in [-0.39, 0.29) is 0 Å². The van der Waals surface area contributed by atoms with Crippen LogP contribution in [0.4, 0.5) is 5.82 Å².